The Morgan fingerprint density at radius 3 is 2.35 bits per heavy atom. The van der Waals surface area contributed by atoms with Crippen LogP contribution in [0.5, 0.6) is 5.75 Å². The third-order valence-electron chi connectivity index (χ3n) is 5.13. The van der Waals surface area contributed by atoms with Crippen molar-refractivity contribution in [1.29, 1.82) is 0 Å². The summed E-state index contributed by atoms with van der Waals surface area (Å²) < 4.78 is 10.2. The summed E-state index contributed by atoms with van der Waals surface area (Å²) in [4.78, 5) is 26.4. The summed E-state index contributed by atoms with van der Waals surface area (Å²) in [6.07, 6.45) is 0. The van der Waals surface area contributed by atoms with E-state index in [4.69, 9.17) is 16.3 Å². The van der Waals surface area contributed by atoms with E-state index in [1.807, 2.05) is 41.8 Å². The zero-order chi connectivity index (χ0) is 21.5. The molecule has 3 aromatic heterocycles. The zero-order valence-corrected chi connectivity index (χ0v) is 18.1. The molecule has 0 unspecified atom stereocenters. The summed E-state index contributed by atoms with van der Waals surface area (Å²) in [7, 11) is 1.60. The molecule has 5 rings (SSSR count). The van der Waals surface area contributed by atoms with Crippen molar-refractivity contribution < 1.29 is 4.74 Å². The van der Waals surface area contributed by atoms with Crippen LogP contribution in [0.4, 0.5) is 0 Å². The van der Waals surface area contributed by atoms with E-state index in [1.54, 1.807) is 29.9 Å². The largest absolute Gasteiger partial charge is 0.497 e. The highest BCUT2D eigenvalue weighted by molar-refractivity contribution is 7.17. The second-order valence-electron chi connectivity index (χ2n) is 7.08. The van der Waals surface area contributed by atoms with Crippen molar-refractivity contribution in [3.63, 3.8) is 0 Å². The molecule has 156 valence electrons. The van der Waals surface area contributed by atoms with Crippen molar-refractivity contribution in [2.45, 2.75) is 13.1 Å². The maximum atomic E-state index is 13.2. The van der Waals surface area contributed by atoms with E-state index in [0.717, 1.165) is 16.9 Å². The van der Waals surface area contributed by atoms with Gasteiger partial charge in [0.15, 0.2) is 0 Å². The molecule has 0 aliphatic heterocycles. The van der Waals surface area contributed by atoms with Crippen molar-refractivity contribution in [2.24, 2.45) is 0 Å². The fourth-order valence-electron chi connectivity index (χ4n) is 3.56. The predicted octanol–water partition coefficient (Wildman–Crippen LogP) is 3.63. The summed E-state index contributed by atoms with van der Waals surface area (Å²) >= 11 is 7.28. The van der Waals surface area contributed by atoms with Crippen molar-refractivity contribution >= 4 is 38.9 Å². The summed E-state index contributed by atoms with van der Waals surface area (Å²) in [5.74, 6) is 1.05. The minimum absolute atomic E-state index is 0.169. The van der Waals surface area contributed by atoms with Gasteiger partial charge in [-0.2, -0.15) is 0 Å². The Balaban J connectivity index is 1.68. The molecule has 0 atom stereocenters. The van der Waals surface area contributed by atoms with Crippen molar-refractivity contribution in [1.82, 2.24) is 18.7 Å². The van der Waals surface area contributed by atoms with Gasteiger partial charge in [0.25, 0.3) is 5.56 Å². The minimum Gasteiger partial charge on any atom is -0.497 e. The van der Waals surface area contributed by atoms with E-state index < -0.39 is 0 Å². The lowest BCUT2D eigenvalue weighted by molar-refractivity contribution is 0.414. The molecule has 31 heavy (non-hydrogen) atoms. The Bertz CT molecular complexity index is 1510. The molecule has 0 saturated carbocycles. The Kier molecular flexibility index (Phi) is 4.88. The fraction of sp³-hybridized carbons (Fsp3) is 0.136. The number of benzene rings is 2. The van der Waals surface area contributed by atoms with Gasteiger partial charge in [0.2, 0.25) is 5.78 Å². The molecule has 0 N–H and O–H groups in total. The number of hydrogen-bond acceptors (Lipinski definition) is 5. The van der Waals surface area contributed by atoms with Gasteiger partial charge in [0, 0.05) is 5.02 Å². The van der Waals surface area contributed by atoms with E-state index in [0.29, 0.717) is 21.0 Å². The molecular formula is C22H17ClN4O3S. The van der Waals surface area contributed by atoms with Gasteiger partial charge in [-0.3, -0.25) is 9.36 Å². The number of aromatic nitrogens is 4. The standard InChI is InChI=1S/C22H17ClN4O3S/c1-30-17-8-4-14(5-9-17)12-25-20(28)19-18(10-11-31-19)27-21(25)24-26(22(27)29)13-15-2-6-16(23)7-3-15/h2-11H,12-13H2,1H3. The molecule has 0 saturated heterocycles. The van der Waals surface area contributed by atoms with Gasteiger partial charge in [-0.15, -0.1) is 16.4 Å². The number of rotatable bonds is 5. The molecule has 0 spiro atoms. The van der Waals surface area contributed by atoms with E-state index in [-0.39, 0.29) is 24.3 Å². The smallest absolute Gasteiger partial charge is 0.352 e. The molecule has 0 aliphatic rings. The topological polar surface area (TPSA) is 70.5 Å². The number of methoxy groups -OCH3 is 1. The Hall–Kier alpha value is -3.36. The average Bonchev–Trinajstić information content (AvgIpc) is 3.38. The van der Waals surface area contributed by atoms with E-state index >= 15 is 0 Å². The van der Waals surface area contributed by atoms with Gasteiger partial charge in [-0.25, -0.2) is 13.9 Å². The van der Waals surface area contributed by atoms with E-state index in [9.17, 15) is 9.59 Å². The Labute approximate surface area is 185 Å². The third kappa shape index (κ3) is 3.43. The molecule has 5 aromatic rings. The van der Waals surface area contributed by atoms with E-state index in [2.05, 4.69) is 5.10 Å². The van der Waals surface area contributed by atoms with Crippen LogP contribution in [0.25, 0.3) is 16.0 Å². The highest BCUT2D eigenvalue weighted by Gasteiger charge is 2.18. The first-order chi connectivity index (χ1) is 15.0. The van der Waals surface area contributed by atoms with Crippen LogP contribution in [0.3, 0.4) is 0 Å². The number of halogens is 1. The lowest BCUT2D eigenvalue weighted by Gasteiger charge is -2.08. The van der Waals surface area contributed by atoms with Crippen LogP contribution >= 0.6 is 22.9 Å². The van der Waals surface area contributed by atoms with Crippen molar-refractivity contribution in [3.05, 3.63) is 97.0 Å². The summed E-state index contributed by atoms with van der Waals surface area (Å²) in [6.45, 7) is 0.567. The lowest BCUT2D eigenvalue weighted by Crippen LogP contribution is -2.26. The number of hydrogen-bond donors (Lipinski definition) is 0. The Morgan fingerprint density at radius 1 is 0.968 bits per heavy atom. The van der Waals surface area contributed by atoms with Gasteiger partial charge < -0.3 is 4.74 Å². The molecular weight excluding hydrogens is 436 g/mol. The van der Waals surface area contributed by atoms with Crippen molar-refractivity contribution in [2.75, 3.05) is 7.11 Å². The third-order valence-corrected chi connectivity index (χ3v) is 6.28. The molecule has 9 heteroatoms. The second-order valence-corrected chi connectivity index (χ2v) is 8.43. The normalized spacial score (nSPS) is 11.4. The number of fused-ring (bicyclic) bond motifs is 3. The van der Waals surface area contributed by atoms with Crippen LogP contribution in [-0.2, 0) is 13.1 Å². The molecule has 7 nitrogen and oxygen atoms in total. The van der Waals surface area contributed by atoms with Crippen LogP contribution in [-0.4, -0.2) is 25.9 Å². The molecule has 0 bridgehead atoms. The predicted molar refractivity (Wildman–Crippen MR) is 122 cm³/mol. The molecule has 0 amide bonds. The highest BCUT2D eigenvalue weighted by Crippen LogP contribution is 2.19. The SMILES string of the molecule is COc1ccc(Cn2c(=O)c3sccc3n3c(=O)n(Cc4ccc(Cl)cc4)nc23)cc1. The maximum Gasteiger partial charge on any atom is 0.352 e. The van der Waals surface area contributed by atoms with Gasteiger partial charge in [0.1, 0.15) is 10.4 Å². The average molecular weight is 453 g/mol. The first-order valence-corrected chi connectivity index (χ1v) is 10.8. The second kappa shape index (κ2) is 7.72. The monoisotopic (exact) mass is 452 g/mol. The molecule has 3 heterocycles. The van der Waals surface area contributed by atoms with Crippen LogP contribution in [0.15, 0.2) is 69.6 Å². The molecule has 0 radical (unpaired) electrons. The number of nitrogens with zero attached hydrogens (tertiary/aromatic N) is 4. The quantitative estimate of drug-likeness (QED) is 0.408. The van der Waals surface area contributed by atoms with Crippen LogP contribution in [0.1, 0.15) is 11.1 Å². The zero-order valence-electron chi connectivity index (χ0n) is 16.5. The fourth-order valence-corrected chi connectivity index (χ4v) is 4.51. The van der Waals surface area contributed by atoms with Crippen molar-refractivity contribution in [3.8, 4) is 5.75 Å². The van der Waals surface area contributed by atoms with Gasteiger partial charge >= 0.3 is 5.69 Å². The van der Waals surface area contributed by atoms with Crippen LogP contribution in [0, 0.1) is 0 Å². The van der Waals surface area contributed by atoms with Crippen LogP contribution in [0.2, 0.25) is 5.02 Å². The summed E-state index contributed by atoms with van der Waals surface area (Å²) in [6, 6.07) is 16.5. The molecule has 2 aromatic carbocycles. The lowest BCUT2D eigenvalue weighted by atomic mass is 10.2. The van der Waals surface area contributed by atoms with Gasteiger partial charge in [-0.05, 0) is 46.8 Å². The van der Waals surface area contributed by atoms with Gasteiger partial charge in [0.05, 0.1) is 25.7 Å². The molecule has 0 aliphatic carbocycles. The van der Waals surface area contributed by atoms with Crippen LogP contribution < -0.4 is 16.0 Å². The maximum absolute atomic E-state index is 13.2. The van der Waals surface area contributed by atoms with Gasteiger partial charge in [-0.1, -0.05) is 35.9 Å². The highest BCUT2D eigenvalue weighted by atomic mass is 35.5. The summed E-state index contributed by atoms with van der Waals surface area (Å²) in [5, 5.41) is 6.96. The van der Waals surface area contributed by atoms with E-state index in [1.165, 1.54) is 20.4 Å². The molecule has 0 fully saturated rings. The first-order valence-electron chi connectivity index (χ1n) is 9.52. The number of ether oxygens (including phenoxy) is 1. The Morgan fingerprint density at radius 2 is 1.65 bits per heavy atom. The summed E-state index contributed by atoms with van der Waals surface area (Å²) in [5.41, 5.74) is 1.90. The first kappa shape index (κ1) is 19.6. The number of thiophene rings is 1. The minimum atomic E-state index is -0.295.